The van der Waals surface area contributed by atoms with Crippen molar-refractivity contribution in [2.75, 3.05) is 122 Å². The Bertz CT molecular complexity index is 3470. The summed E-state index contributed by atoms with van der Waals surface area (Å²) in [4.78, 5) is 140. The molecule has 5 amide bonds. The number of imidazole rings is 1. The number of carboxylic acids is 4. The number of hydrogen-bond acceptors (Lipinski definition) is 25. The largest absolute Gasteiger partial charge is 0.494 e. The number of nitrogens with one attached hydrogen (secondary N) is 8. The minimum Gasteiger partial charge on any atom is -0.494 e. The number of hydrogen-bond donors (Lipinski definition) is 18. The van der Waals surface area contributed by atoms with Gasteiger partial charge >= 0.3 is 23.9 Å². The molecular formula is C54H80N14O23S3Y. The fraction of sp³-hybridized carbons (Fsp3) is 0.500. The number of carboxylic acid groups (broad SMARTS) is 4. The second kappa shape index (κ2) is 37.5. The van der Waals surface area contributed by atoms with E-state index in [-0.39, 0.29) is 150 Å². The van der Waals surface area contributed by atoms with Crippen molar-refractivity contribution in [2.45, 2.75) is 56.3 Å². The summed E-state index contributed by atoms with van der Waals surface area (Å²) in [6, 6.07) is 1.79. The van der Waals surface area contributed by atoms with E-state index >= 15 is 0 Å². The standard InChI is InChI=1S/C54H80N14O23S3.Y/c1-33-21-36(22-34(2)49(33)94(89,90)63-39(53(81)82)25-59-50(78)38-26-64(3)42-23-35(6-7-37(42)48(38)77)24-60-54-57-10-11-58-54)91-20-4-5-43(69)55-8-9-56-51(79)40(31-92(83,84)85)62-52(80)41(32-93(86,87)88)61-44(70)27-65-12-14-66(28-45(71)72)16-18-68(30-47(75)76)19-17-67(15-13-65)29-46(73)74;/h6-7,10-11,21-23,26,39-41,63,83-88H,4-5,8-9,12-20,24-25,27-32H2,1-3H3,(H,55,69)(H,56,79)(H,59,78)(H,61,70)(H,62,80)(H,71,72)(H,73,74)(H,75,76)(H,81,82)(H2,57,58,60);/t39?,40?,41-;/m0./s1. The van der Waals surface area contributed by atoms with Crippen LogP contribution in [0.15, 0.2) is 58.6 Å². The number of benzene rings is 2. The van der Waals surface area contributed by atoms with Gasteiger partial charge in [-0.15, -0.1) is 0 Å². The van der Waals surface area contributed by atoms with Crippen LogP contribution in [0.2, 0.25) is 0 Å². The fourth-order valence-corrected chi connectivity index (χ4v) is 12.8. The van der Waals surface area contributed by atoms with Gasteiger partial charge in [0.2, 0.25) is 39.1 Å². The minimum absolute atomic E-state index is 0. The number of amides is 5. The monoisotopic (exact) mass is 1480 g/mol. The number of ether oxygens (including phenoxy) is 1. The molecule has 3 atom stereocenters. The molecule has 4 aromatic rings. The topological polar surface area (TPSA) is 547 Å². The van der Waals surface area contributed by atoms with Crippen molar-refractivity contribution in [1.29, 1.82) is 0 Å². The normalized spacial score (nSPS) is 15.5. The van der Waals surface area contributed by atoms with E-state index in [9.17, 15) is 104 Å². The van der Waals surface area contributed by atoms with Crippen molar-refractivity contribution in [3.8, 4) is 5.75 Å². The second-order valence-corrected chi connectivity index (χ2v) is 26.7. The van der Waals surface area contributed by atoms with Gasteiger partial charge in [0.15, 0.2) is 5.95 Å². The molecule has 1 aliphatic heterocycles. The smallest absolute Gasteiger partial charge is 0.323 e. The summed E-state index contributed by atoms with van der Waals surface area (Å²) in [6.07, 6.45) is 4.48. The maximum atomic E-state index is 13.7. The summed E-state index contributed by atoms with van der Waals surface area (Å²) in [7, 11) is -12.1. The van der Waals surface area contributed by atoms with E-state index < -0.39 is 153 Å². The third-order valence-electron chi connectivity index (χ3n) is 14.2. The van der Waals surface area contributed by atoms with Crippen molar-refractivity contribution in [1.82, 2.24) is 65.4 Å². The SMILES string of the molecule is Cc1cc(OCCCC(=O)NCCNC(=O)C(CS(O)(O)O)NC(=O)[C@H](CS(O)(O)O)NC(=O)CN2CCN(CC(=O)O)CCN(CC(=O)O)CCN(CC(=O)O)CC2)cc(C)c1S(=O)(=O)NC(CNC(=O)c1cn(C)c2cc(CNc3ncc[nH]3)ccc2c1=O)C(=O)O.[Y]. The number of aromatic amines is 1. The molecule has 18 N–H and O–H groups in total. The van der Waals surface area contributed by atoms with Crippen molar-refractivity contribution in [3.05, 3.63) is 81.4 Å². The molecule has 1 aliphatic rings. The predicted molar refractivity (Wildman–Crippen MR) is 339 cm³/mol. The zero-order valence-corrected chi connectivity index (χ0v) is 57.3. The molecule has 0 bridgehead atoms. The van der Waals surface area contributed by atoms with Gasteiger partial charge in [0, 0.05) is 149 Å². The van der Waals surface area contributed by atoms with E-state index in [1.807, 2.05) is 0 Å². The Balaban J connectivity index is 0.0000192. The summed E-state index contributed by atoms with van der Waals surface area (Å²) in [6.45, 7) is 0.0441. The molecule has 2 aromatic carbocycles. The molecule has 1 radical (unpaired) electrons. The van der Waals surface area contributed by atoms with E-state index in [0.29, 0.717) is 18.0 Å². The molecule has 2 aromatic heterocycles. The van der Waals surface area contributed by atoms with Gasteiger partial charge in [-0.2, -0.15) is 4.72 Å². The third kappa shape index (κ3) is 27.9. The summed E-state index contributed by atoms with van der Waals surface area (Å²) >= 11 is 0. The maximum Gasteiger partial charge on any atom is 0.323 e. The first-order valence-electron chi connectivity index (χ1n) is 28.8. The number of carbonyl (C=O) groups excluding carboxylic acids is 5. The molecule has 2 unspecified atom stereocenters. The van der Waals surface area contributed by atoms with Gasteiger partial charge in [-0.1, -0.05) is 6.07 Å². The van der Waals surface area contributed by atoms with Crippen LogP contribution >= 0.6 is 21.7 Å². The van der Waals surface area contributed by atoms with Crippen molar-refractivity contribution >= 4 is 102 Å². The Morgan fingerprint density at radius 3 is 1.67 bits per heavy atom. The van der Waals surface area contributed by atoms with Gasteiger partial charge in [0.1, 0.15) is 29.4 Å². The average Bonchev–Trinajstić information content (AvgIpc) is 0.951. The molecule has 525 valence electrons. The van der Waals surface area contributed by atoms with Crippen LogP contribution in [0.4, 0.5) is 5.95 Å². The molecular weight excluding hydrogens is 1400 g/mol. The van der Waals surface area contributed by atoms with Crippen LogP contribution < -0.4 is 46.8 Å². The van der Waals surface area contributed by atoms with Gasteiger partial charge in [-0.25, -0.2) is 13.4 Å². The van der Waals surface area contributed by atoms with Gasteiger partial charge in [0.25, 0.3) is 5.91 Å². The maximum absolute atomic E-state index is 13.7. The molecule has 95 heavy (non-hydrogen) atoms. The molecule has 0 spiro atoms. The number of aliphatic carboxylic acids is 4. The van der Waals surface area contributed by atoms with E-state index in [2.05, 4.69) is 46.6 Å². The van der Waals surface area contributed by atoms with Crippen LogP contribution in [0.3, 0.4) is 0 Å². The zero-order chi connectivity index (χ0) is 69.7. The minimum atomic E-state index is -4.60. The van der Waals surface area contributed by atoms with Crippen LogP contribution in [0.25, 0.3) is 10.9 Å². The molecule has 1 saturated heterocycles. The molecule has 0 aliphatic carbocycles. The van der Waals surface area contributed by atoms with Gasteiger partial charge < -0.3 is 93.9 Å². The Labute approximate surface area is 572 Å². The number of nitrogens with zero attached hydrogens (tertiary/aromatic N) is 6. The first-order valence-corrected chi connectivity index (χ1v) is 33.7. The summed E-state index contributed by atoms with van der Waals surface area (Å²) in [5.41, 5.74) is 0.643. The van der Waals surface area contributed by atoms with E-state index in [4.69, 9.17) is 4.74 Å². The van der Waals surface area contributed by atoms with Gasteiger partial charge in [-0.05, 0) is 61.2 Å². The molecule has 0 saturated carbocycles. The Hall–Kier alpha value is -7.00. The van der Waals surface area contributed by atoms with Crippen LogP contribution in [0.5, 0.6) is 5.75 Å². The average molecular weight is 1480 g/mol. The predicted octanol–water partition coefficient (Wildman–Crippen LogP) is -2.07. The quantitative estimate of drug-likeness (QED) is 0.0224. The van der Waals surface area contributed by atoms with Gasteiger partial charge in [-0.3, -0.25) is 67.5 Å². The summed E-state index contributed by atoms with van der Waals surface area (Å²) in [5.74, 6) is -12.0. The summed E-state index contributed by atoms with van der Waals surface area (Å²) in [5, 5.41) is 53.3. The number of aromatic nitrogens is 3. The van der Waals surface area contributed by atoms with E-state index in [1.54, 1.807) is 42.2 Å². The van der Waals surface area contributed by atoms with Crippen LogP contribution in [0, 0.1) is 13.8 Å². The molecule has 3 heterocycles. The number of rotatable bonds is 34. The fourth-order valence-electron chi connectivity index (χ4n) is 9.82. The van der Waals surface area contributed by atoms with Crippen LogP contribution in [-0.2, 0) is 94.7 Å². The Morgan fingerprint density at radius 1 is 0.663 bits per heavy atom. The molecule has 41 heteroatoms. The van der Waals surface area contributed by atoms with E-state index in [0.717, 1.165) is 5.56 Å². The Morgan fingerprint density at radius 2 is 1.18 bits per heavy atom. The third-order valence-corrected chi connectivity index (χ3v) is 17.6. The summed E-state index contributed by atoms with van der Waals surface area (Å²) < 4.78 is 96.4. The number of fused-ring (bicyclic) bond motifs is 1. The van der Waals surface area contributed by atoms with Crippen LogP contribution in [0.1, 0.15) is 39.9 Å². The Kier molecular flexibility index (Phi) is 31.7. The first kappa shape index (κ1) is 80.4. The molecule has 5 rings (SSSR count). The van der Waals surface area contributed by atoms with Crippen molar-refractivity contribution in [2.24, 2.45) is 7.05 Å². The number of pyridine rings is 1. The van der Waals surface area contributed by atoms with Crippen molar-refractivity contribution in [3.63, 3.8) is 0 Å². The number of aryl methyl sites for hydroxylation is 3. The zero-order valence-electron chi connectivity index (χ0n) is 52.0. The van der Waals surface area contributed by atoms with Gasteiger partial charge in [0.05, 0.1) is 76.4 Å². The molecule has 1 fully saturated rings. The number of carbonyl (C=O) groups is 9. The number of anilines is 1. The first-order chi connectivity index (χ1) is 44.1. The number of H-pyrrole nitrogens is 1. The van der Waals surface area contributed by atoms with E-state index in [1.165, 1.54) is 51.8 Å². The number of sulfonamides is 1. The second-order valence-electron chi connectivity index (χ2n) is 21.9. The van der Waals surface area contributed by atoms with Crippen LogP contribution in [-0.4, -0.2) is 278 Å². The molecule has 37 nitrogen and oxygen atoms in total. The van der Waals surface area contributed by atoms with Crippen molar-refractivity contribution < 1.29 is 137 Å².